The van der Waals surface area contributed by atoms with Crippen molar-refractivity contribution in [3.63, 3.8) is 0 Å². The molecule has 0 fully saturated rings. The first kappa shape index (κ1) is 33.0. The van der Waals surface area contributed by atoms with Gasteiger partial charge in [-0.15, -0.1) is 0 Å². The van der Waals surface area contributed by atoms with E-state index in [2.05, 4.69) is 19.1 Å². The molecule has 0 radical (unpaired) electrons. The van der Waals surface area contributed by atoms with Gasteiger partial charge in [-0.1, -0.05) is 82.3 Å². The minimum Gasteiger partial charge on any atom is -0.491 e. The van der Waals surface area contributed by atoms with Gasteiger partial charge in [0, 0.05) is 5.92 Å². The van der Waals surface area contributed by atoms with Gasteiger partial charge in [-0.05, 0) is 60.1 Å². The summed E-state index contributed by atoms with van der Waals surface area (Å²) >= 11 is 0. The molecule has 2 aromatic rings. The molecule has 44 heavy (non-hydrogen) atoms. The highest BCUT2D eigenvalue weighted by molar-refractivity contribution is 6.17. The first-order valence-electron chi connectivity index (χ1n) is 15.1. The van der Waals surface area contributed by atoms with E-state index >= 15 is 0 Å². The van der Waals surface area contributed by atoms with E-state index in [4.69, 9.17) is 24.1 Å². The first-order valence-corrected chi connectivity index (χ1v) is 15.1. The van der Waals surface area contributed by atoms with Gasteiger partial charge in [0.15, 0.2) is 0 Å². The molecule has 0 saturated heterocycles. The van der Waals surface area contributed by atoms with Crippen LogP contribution in [0.3, 0.4) is 0 Å². The van der Waals surface area contributed by atoms with Crippen LogP contribution >= 0.6 is 0 Å². The van der Waals surface area contributed by atoms with Gasteiger partial charge in [0.05, 0.1) is 17.6 Å². The van der Waals surface area contributed by atoms with E-state index in [0.717, 1.165) is 12.0 Å². The van der Waals surface area contributed by atoms with E-state index < -0.39 is 23.6 Å². The number of fused-ring (bicyclic) bond motifs is 1. The van der Waals surface area contributed by atoms with E-state index in [1.165, 1.54) is 0 Å². The van der Waals surface area contributed by atoms with Crippen LogP contribution in [0, 0.1) is 22.7 Å². The third-order valence-corrected chi connectivity index (χ3v) is 8.74. The van der Waals surface area contributed by atoms with Crippen LogP contribution in [0.1, 0.15) is 45.7 Å². The number of allylic oxidation sites excluding steroid dienone is 1. The standard InChI is InChI=1S/C36H44O8/c1-24(19-25-9-7-6-8-10-25)36(5,35(2,3)4)34(40)43-23-28(38)22-42-30-16-13-27-20-31(33(39)44-32(27)21-30)26-11-14-29(15-12-26)41-18-17-37/h6-16,20-21,24,27-28,32,37-38H,17-19,22-23H2,1-5H3. The predicted octanol–water partition coefficient (Wildman–Crippen LogP) is 5.29. The number of hydrogen-bond donors (Lipinski definition) is 2. The van der Waals surface area contributed by atoms with Gasteiger partial charge >= 0.3 is 11.9 Å². The third-order valence-electron chi connectivity index (χ3n) is 8.74. The molecule has 8 heteroatoms. The van der Waals surface area contributed by atoms with E-state index in [9.17, 15) is 14.7 Å². The van der Waals surface area contributed by atoms with Crippen LogP contribution in [0.4, 0.5) is 0 Å². The number of aliphatic hydroxyl groups excluding tert-OH is 2. The molecule has 1 aliphatic carbocycles. The zero-order valence-electron chi connectivity index (χ0n) is 26.2. The lowest BCUT2D eigenvalue weighted by molar-refractivity contribution is -0.170. The number of carbonyl (C=O) groups is 2. The Bertz CT molecular complexity index is 1370. The van der Waals surface area contributed by atoms with E-state index in [-0.39, 0.29) is 49.6 Å². The Hall–Kier alpha value is -3.88. The second-order valence-corrected chi connectivity index (χ2v) is 12.7. The molecular weight excluding hydrogens is 560 g/mol. The zero-order chi connectivity index (χ0) is 31.9. The highest BCUT2D eigenvalue weighted by Crippen LogP contribution is 2.46. The molecule has 0 spiro atoms. The molecule has 2 aliphatic rings. The van der Waals surface area contributed by atoms with Crippen molar-refractivity contribution in [3.05, 3.63) is 95.8 Å². The molecule has 0 amide bonds. The van der Waals surface area contributed by atoms with Crippen LogP contribution in [0.5, 0.6) is 5.75 Å². The summed E-state index contributed by atoms with van der Waals surface area (Å²) in [4.78, 5) is 26.3. The zero-order valence-corrected chi connectivity index (χ0v) is 26.2. The Morgan fingerprint density at radius 2 is 1.68 bits per heavy atom. The number of rotatable bonds is 13. The van der Waals surface area contributed by atoms with Gasteiger partial charge in [0.1, 0.15) is 43.5 Å². The largest absolute Gasteiger partial charge is 0.491 e. The molecule has 2 N–H and O–H groups in total. The molecule has 1 heterocycles. The smallest absolute Gasteiger partial charge is 0.339 e. The van der Waals surface area contributed by atoms with Crippen molar-refractivity contribution >= 4 is 17.5 Å². The number of benzene rings is 2. The predicted molar refractivity (Wildman–Crippen MR) is 167 cm³/mol. The fraction of sp³-hybridized carbons (Fsp3) is 0.444. The summed E-state index contributed by atoms with van der Waals surface area (Å²) in [7, 11) is 0. The number of hydrogen-bond acceptors (Lipinski definition) is 8. The van der Waals surface area contributed by atoms with Gasteiger partial charge in [-0.3, -0.25) is 4.79 Å². The van der Waals surface area contributed by atoms with Crippen molar-refractivity contribution in [3.8, 4) is 5.75 Å². The summed E-state index contributed by atoms with van der Waals surface area (Å²) in [6.07, 6.45) is 6.40. The molecule has 2 aromatic carbocycles. The maximum Gasteiger partial charge on any atom is 0.339 e. The van der Waals surface area contributed by atoms with Crippen LogP contribution in [0.2, 0.25) is 0 Å². The van der Waals surface area contributed by atoms with Crippen LogP contribution in [-0.4, -0.2) is 60.8 Å². The SMILES string of the molecule is CC(Cc1ccccc1)C(C)(C(=O)OCC(O)COC1=CC2OC(=O)C(c3ccc(OCCO)cc3)=CC2C=C1)C(C)(C)C. The van der Waals surface area contributed by atoms with E-state index in [0.29, 0.717) is 22.6 Å². The lowest BCUT2D eigenvalue weighted by Gasteiger charge is -2.44. The number of aliphatic hydroxyl groups is 2. The van der Waals surface area contributed by atoms with Crippen LogP contribution in [0.15, 0.2) is 84.7 Å². The summed E-state index contributed by atoms with van der Waals surface area (Å²) in [5, 5.41) is 19.5. The van der Waals surface area contributed by atoms with Crippen LogP contribution in [-0.2, 0) is 30.2 Å². The summed E-state index contributed by atoms with van der Waals surface area (Å²) in [6.45, 7) is 9.94. The highest BCUT2D eigenvalue weighted by atomic mass is 16.6. The maximum atomic E-state index is 13.5. The van der Waals surface area contributed by atoms with Gasteiger partial charge in [0.25, 0.3) is 0 Å². The Labute approximate surface area is 260 Å². The van der Waals surface area contributed by atoms with E-state index in [1.807, 2.05) is 58.0 Å². The van der Waals surface area contributed by atoms with Gasteiger partial charge in [-0.25, -0.2) is 4.79 Å². The van der Waals surface area contributed by atoms with Gasteiger partial charge < -0.3 is 29.2 Å². The molecule has 5 atom stereocenters. The highest BCUT2D eigenvalue weighted by Gasteiger charge is 2.49. The monoisotopic (exact) mass is 604 g/mol. The Balaban J connectivity index is 1.30. The Kier molecular flexibility index (Phi) is 10.7. The van der Waals surface area contributed by atoms with Crippen molar-refractivity contribution in [2.45, 2.75) is 53.2 Å². The minimum atomic E-state index is -1.04. The molecule has 0 aromatic heterocycles. The first-order chi connectivity index (χ1) is 20.9. The third kappa shape index (κ3) is 7.79. The van der Waals surface area contributed by atoms with Crippen molar-refractivity contribution in [1.29, 1.82) is 0 Å². The molecule has 1 aliphatic heterocycles. The quantitative estimate of drug-likeness (QED) is 0.297. The van der Waals surface area contributed by atoms with Crippen molar-refractivity contribution < 1.29 is 38.7 Å². The fourth-order valence-electron chi connectivity index (χ4n) is 5.54. The Morgan fingerprint density at radius 3 is 2.34 bits per heavy atom. The molecule has 236 valence electrons. The van der Waals surface area contributed by atoms with Gasteiger partial charge in [-0.2, -0.15) is 0 Å². The summed E-state index contributed by atoms with van der Waals surface area (Å²) in [6, 6.07) is 17.1. The molecule has 0 saturated carbocycles. The molecule has 0 bridgehead atoms. The second-order valence-electron chi connectivity index (χ2n) is 12.7. The lowest BCUT2D eigenvalue weighted by Crippen LogP contribution is -2.48. The fourth-order valence-corrected chi connectivity index (χ4v) is 5.54. The summed E-state index contributed by atoms with van der Waals surface area (Å²) in [5.41, 5.74) is 1.15. The normalized spacial score (nSPS) is 20.7. The van der Waals surface area contributed by atoms with Crippen LogP contribution < -0.4 is 4.74 Å². The lowest BCUT2D eigenvalue weighted by atomic mass is 9.60. The van der Waals surface area contributed by atoms with Gasteiger partial charge in [0.2, 0.25) is 0 Å². The summed E-state index contributed by atoms with van der Waals surface area (Å²) in [5.74, 6) is 0.0920. The second kappa shape index (κ2) is 14.3. The topological polar surface area (TPSA) is 112 Å². The van der Waals surface area contributed by atoms with Crippen LogP contribution in [0.25, 0.3) is 5.57 Å². The average Bonchev–Trinajstić information content (AvgIpc) is 3.00. The number of carbonyl (C=O) groups excluding carboxylic acids is 2. The average molecular weight is 605 g/mol. The number of ether oxygens (including phenoxy) is 4. The van der Waals surface area contributed by atoms with Crippen molar-refractivity contribution in [2.75, 3.05) is 26.4 Å². The molecule has 4 rings (SSSR count). The van der Waals surface area contributed by atoms with Crippen molar-refractivity contribution in [2.24, 2.45) is 22.7 Å². The maximum absolute atomic E-state index is 13.5. The van der Waals surface area contributed by atoms with Crippen molar-refractivity contribution in [1.82, 2.24) is 0 Å². The molecular formula is C36H44O8. The summed E-state index contributed by atoms with van der Waals surface area (Å²) < 4.78 is 22.5. The number of esters is 2. The minimum absolute atomic E-state index is 0.00529. The Morgan fingerprint density at radius 1 is 0.977 bits per heavy atom. The molecule has 5 unspecified atom stereocenters. The van der Waals surface area contributed by atoms with E-state index in [1.54, 1.807) is 36.4 Å². The molecule has 8 nitrogen and oxygen atoms in total.